The van der Waals surface area contributed by atoms with Gasteiger partial charge in [0.2, 0.25) is 0 Å². The molecule has 2 rings (SSSR count). The molecule has 0 aromatic carbocycles. The van der Waals surface area contributed by atoms with Gasteiger partial charge in [0.05, 0.1) is 0 Å². The molecule has 1 aromatic heterocycles. The first-order chi connectivity index (χ1) is 7.09. The summed E-state index contributed by atoms with van der Waals surface area (Å²) in [6.07, 6.45) is 4.80. The maximum atomic E-state index is 11.4. The maximum absolute atomic E-state index is 11.4. The molecule has 0 bridgehead atoms. The largest absolute Gasteiger partial charge is 0.477 e. The van der Waals surface area contributed by atoms with E-state index in [0.29, 0.717) is 6.04 Å². The van der Waals surface area contributed by atoms with Crippen molar-refractivity contribution >= 4 is 5.97 Å². The summed E-state index contributed by atoms with van der Waals surface area (Å²) in [5.41, 5.74) is 0.303. The maximum Gasteiger partial charge on any atom is 0.341 e. The Labute approximate surface area is 87.2 Å². The Kier molecular flexibility index (Phi) is 2.34. The first kappa shape index (κ1) is 9.96. The van der Waals surface area contributed by atoms with Crippen molar-refractivity contribution in [1.82, 2.24) is 4.57 Å². The molecule has 1 N–H and O–H groups in total. The fourth-order valence-corrected chi connectivity index (χ4v) is 1.87. The molecule has 4 heteroatoms. The second kappa shape index (κ2) is 3.53. The van der Waals surface area contributed by atoms with Crippen LogP contribution in [0.2, 0.25) is 0 Å². The number of aromatic nitrogens is 1. The summed E-state index contributed by atoms with van der Waals surface area (Å²) in [6.45, 7) is 1.84. The molecule has 1 saturated carbocycles. The van der Waals surface area contributed by atoms with Gasteiger partial charge in [-0.05, 0) is 26.2 Å². The molecule has 80 valence electrons. The van der Waals surface area contributed by atoms with Gasteiger partial charge in [0.25, 0.3) is 0 Å². The molecule has 0 atom stereocenters. The van der Waals surface area contributed by atoms with Crippen LogP contribution < -0.4 is 5.43 Å². The third-order valence-corrected chi connectivity index (χ3v) is 2.98. The Morgan fingerprint density at radius 3 is 2.67 bits per heavy atom. The summed E-state index contributed by atoms with van der Waals surface area (Å²) in [6, 6.07) is 1.78. The first-order valence-electron chi connectivity index (χ1n) is 5.05. The number of rotatable bonds is 2. The molecule has 0 aliphatic heterocycles. The van der Waals surface area contributed by atoms with Gasteiger partial charge in [-0.15, -0.1) is 0 Å². The molecule has 0 amide bonds. The average Bonchev–Trinajstić information content (AvgIpc) is 2.05. The zero-order valence-corrected chi connectivity index (χ0v) is 8.56. The van der Waals surface area contributed by atoms with E-state index >= 15 is 0 Å². The summed E-state index contributed by atoms with van der Waals surface area (Å²) < 4.78 is 1.91. The Hall–Kier alpha value is -1.58. The van der Waals surface area contributed by atoms with Crippen LogP contribution in [0.3, 0.4) is 0 Å². The number of hydrogen-bond donors (Lipinski definition) is 1. The van der Waals surface area contributed by atoms with Crippen molar-refractivity contribution in [2.24, 2.45) is 0 Å². The van der Waals surface area contributed by atoms with Gasteiger partial charge in [-0.25, -0.2) is 4.79 Å². The van der Waals surface area contributed by atoms with Crippen molar-refractivity contribution in [3.8, 4) is 0 Å². The van der Waals surface area contributed by atoms with E-state index in [1.807, 2.05) is 11.5 Å². The predicted octanol–water partition coefficient (Wildman–Crippen LogP) is 1.58. The number of carbonyl (C=O) groups is 1. The highest BCUT2D eigenvalue weighted by molar-refractivity contribution is 5.87. The summed E-state index contributed by atoms with van der Waals surface area (Å²) in [7, 11) is 0. The number of nitrogens with zero attached hydrogens (tertiary/aromatic N) is 1. The van der Waals surface area contributed by atoms with E-state index in [0.717, 1.165) is 18.5 Å². The van der Waals surface area contributed by atoms with Gasteiger partial charge in [0, 0.05) is 24.0 Å². The molecule has 0 unspecified atom stereocenters. The van der Waals surface area contributed by atoms with E-state index in [1.165, 1.54) is 18.7 Å². The van der Waals surface area contributed by atoms with E-state index in [2.05, 4.69) is 0 Å². The lowest BCUT2D eigenvalue weighted by atomic mass is 9.92. The second-order valence-electron chi connectivity index (χ2n) is 3.99. The summed E-state index contributed by atoms with van der Waals surface area (Å²) >= 11 is 0. The SMILES string of the molecule is Cc1cc(=O)c(C(=O)O)cn1C1CCC1. The van der Waals surface area contributed by atoms with Gasteiger partial charge in [-0.1, -0.05) is 0 Å². The molecule has 1 fully saturated rings. The average molecular weight is 207 g/mol. The van der Waals surface area contributed by atoms with E-state index in [9.17, 15) is 9.59 Å². The van der Waals surface area contributed by atoms with Crippen molar-refractivity contribution < 1.29 is 9.90 Å². The van der Waals surface area contributed by atoms with Gasteiger partial charge in [-0.2, -0.15) is 0 Å². The third kappa shape index (κ3) is 1.67. The molecule has 1 aliphatic carbocycles. The van der Waals surface area contributed by atoms with Gasteiger partial charge in [0.1, 0.15) is 5.56 Å². The standard InChI is InChI=1S/C11H13NO3/c1-7-5-10(13)9(11(14)15)6-12(7)8-3-2-4-8/h5-6,8H,2-4H2,1H3,(H,14,15). The van der Waals surface area contributed by atoms with Crippen molar-refractivity contribution in [3.05, 3.63) is 33.7 Å². The zero-order valence-electron chi connectivity index (χ0n) is 8.56. The quantitative estimate of drug-likeness (QED) is 0.800. The van der Waals surface area contributed by atoms with Gasteiger partial charge in [0.15, 0.2) is 5.43 Å². The molecule has 1 aliphatic rings. The van der Waals surface area contributed by atoms with Crippen LogP contribution in [0, 0.1) is 6.92 Å². The highest BCUT2D eigenvalue weighted by Crippen LogP contribution is 2.32. The fourth-order valence-electron chi connectivity index (χ4n) is 1.87. The summed E-state index contributed by atoms with van der Waals surface area (Å²) in [4.78, 5) is 22.2. The lowest BCUT2D eigenvalue weighted by Gasteiger charge is -2.30. The summed E-state index contributed by atoms with van der Waals surface area (Å²) in [5.74, 6) is -1.15. The van der Waals surface area contributed by atoms with E-state index in [1.54, 1.807) is 0 Å². The van der Waals surface area contributed by atoms with E-state index in [4.69, 9.17) is 5.11 Å². The number of aryl methyl sites for hydroxylation is 1. The van der Waals surface area contributed by atoms with Crippen molar-refractivity contribution in [1.29, 1.82) is 0 Å². The van der Waals surface area contributed by atoms with Crippen LogP contribution in [-0.2, 0) is 0 Å². The smallest absolute Gasteiger partial charge is 0.341 e. The van der Waals surface area contributed by atoms with Gasteiger partial charge in [-0.3, -0.25) is 4.79 Å². The monoisotopic (exact) mass is 207 g/mol. The lowest BCUT2D eigenvalue weighted by Crippen LogP contribution is -2.24. The normalized spacial score (nSPS) is 16.1. The van der Waals surface area contributed by atoms with E-state index < -0.39 is 11.4 Å². The molecule has 0 spiro atoms. The van der Waals surface area contributed by atoms with Crippen LogP contribution >= 0.6 is 0 Å². The minimum atomic E-state index is -1.15. The highest BCUT2D eigenvalue weighted by atomic mass is 16.4. The number of hydrogen-bond acceptors (Lipinski definition) is 2. The van der Waals surface area contributed by atoms with Crippen molar-refractivity contribution in [2.75, 3.05) is 0 Å². The van der Waals surface area contributed by atoms with Crippen LogP contribution in [0.15, 0.2) is 17.1 Å². The Morgan fingerprint density at radius 2 is 2.20 bits per heavy atom. The fraction of sp³-hybridized carbons (Fsp3) is 0.455. The van der Waals surface area contributed by atoms with Gasteiger partial charge < -0.3 is 9.67 Å². The second-order valence-corrected chi connectivity index (χ2v) is 3.99. The predicted molar refractivity (Wildman–Crippen MR) is 55.3 cm³/mol. The van der Waals surface area contributed by atoms with Crippen LogP contribution in [0.4, 0.5) is 0 Å². The Balaban J connectivity index is 2.50. The van der Waals surface area contributed by atoms with E-state index in [-0.39, 0.29) is 5.56 Å². The lowest BCUT2D eigenvalue weighted by molar-refractivity contribution is 0.0694. The molecular weight excluding hydrogens is 194 g/mol. The van der Waals surface area contributed by atoms with Gasteiger partial charge >= 0.3 is 5.97 Å². The summed E-state index contributed by atoms with van der Waals surface area (Å²) in [5, 5.41) is 8.84. The number of pyridine rings is 1. The minimum Gasteiger partial charge on any atom is -0.477 e. The van der Waals surface area contributed by atoms with Crippen LogP contribution in [-0.4, -0.2) is 15.6 Å². The topological polar surface area (TPSA) is 59.3 Å². The molecule has 0 saturated heterocycles. The van der Waals surface area contributed by atoms with Crippen molar-refractivity contribution in [3.63, 3.8) is 0 Å². The molecule has 1 heterocycles. The minimum absolute atomic E-state index is 0.132. The van der Waals surface area contributed by atoms with Crippen LogP contribution in [0.25, 0.3) is 0 Å². The highest BCUT2D eigenvalue weighted by Gasteiger charge is 2.21. The molecule has 0 radical (unpaired) electrons. The van der Waals surface area contributed by atoms with Crippen LogP contribution in [0.1, 0.15) is 41.4 Å². The third-order valence-electron chi connectivity index (χ3n) is 2.98. The molecule has 1 aromatic rings. The molecular formula is C11H13NO3. The number of carboxylic acid groups (broad SMARTS) is 1. The Morgan fingerprint density at radius 1 is 1.53 bits per heavy atom. The number of carboxylic acids is 1. The Bertz CT molecular complexity index is 457. The number of aromatic carboxylic acids is 1. The zero-order chi connectivity index (χ0) is 11.0. The van der Waals surface area contributed by atoms with Crippen LogP contribution in [0.5, 0.6) is 0 Å². The molecule has 15 heavy (non-hydrogen) atoms. The van der Waals surface area contributed by atoms with Crippen molar-refractivity contribution in [2.45, 2.75) is 32.2 Å². The molecule has 4 nitrogen and oxygen atoms in total. The first-order valence-corrected chi connectivity index (χ1v) is 5.05.